The standard InChI is InChI=1S/C21H17O6.10Ga/c1-6-11-17(23)19(25,13-8-3)21(27,15-10-5)20(26,14-9-4)18(24,16-22)12-7-2;;;;;;;;;;/h1-10,22,24-27H,16H2;;;;;;;;;;/t18-,19+,20-,21-;;;;;;;;;;/m1........../s1. The molecule has 15 radical (unpaired) electrons. The minimum absolute atomic E-state index is 0.125. The van der Waals surface area contributed by atoms with Crippen molar-refractivity contribution in [1.29, 1.82) is 0 Å². The maximum absolute atomic E-state index is 14.1. The molecular weight excluding hydrogens is 1050 g/mol. The SMILES string of the molecule is O=C([C](=[Ga])/C=[CH]\[Ga])[C@@](O)([C](=[Ga])/C=[CH]\[Ga])[C@](O)([C](=[Ga])/C=[CH]\[Ga])[C@@](O)([C](=[Ga])/C=[CH]\[Ga])[C@](O)(CO)[C](=[Ga])/C=[CH]\[Ga]. The zero-order valence-corrected chi connectivity index (χ0v) is 44.1. The third kappa shape index (κ3) is 8.33. The molecule has 0 fully saturated rings. The van der Waals surface area contributed by atoms with Gasteiger partial charge in [0.1, 0.15) is 0 Å². The van der Waals surface area contributed by atoms with E-state index in [1.165, 1.54) is 93.0 Å². The van der Waals surface area contributed by atoms with Crippen LogP contribution in [0.2, 0.25) is 0 Å². The summed E-state index contributed by atoms with van der Waals surface area (Å²) in [5.74, 6) is -0.778. The first-order chi connectivity index (χ1) is 17.1. The molecule has 0 aromatic carbocycles. The van der Waals surface area contributed by atoms with Gasteiger partial charge in [0.2, 0.25) is 0 Å². The Kier molecular flexibility index (Phi) is 20.6. The van der Waals surface area contributed by atoms with Gasteiger partial charge in [0.15, 0.2) is 0 Å². The molecule has 0 rings (SSSR count). The van der Waals surface area contributed by atoms with Crippen LogP contribution < -0.4 is 0 Å². The Morgan fingerprint density at radius 3 is 1.30 bits per heavy atom. The molecule has 0 saturated heterocycles. The molecule has 0 aliphatic carbocycles. The first-order valence-corrected chi connectivity index (χ1v) is 23.3. The average molecular weight is 1060 g/mol. The molecule has 6 nitrogen and oxygen atoms in total. The minimum atomic E-state index is -2.76. The van der Waals surface area contributed by atoms with Crippen molar-refractivity contribution in [3.8, 4) is 0 Å². The Balaban J connectivity index is 8.51. The fourth-order valence-corrected chi connectivity index (χ4v) is 15.5. The van der Waals surface area contributed by atoms with E-state index < -0.39 is 34.8 Å². The van der Waals surface area contributed by atoms with E-state index in [-0.39, 0.29) is 20.3 Å². The molecule has 0 amide bonds. The van der Waals surface area contributed by atoms with Gasteiger partial charge in [-0.3, -0.25) is 0 Å². The summed E-state index contributed by atoms with van der Waals surface area (Å²) in [7, 11) is 0. The summed E-state index contributed by atoms with van der Waals surface area (Å²) < 4.78 is 9.44. The van der Waals surface area contributed by atoms with Crippen LogP contribution in [-0.2, 0) is 4.79 Å². The Labute approximate surface area is 317 Å². The average Bonchev–Trinajstić information content (AvgIpc) is 2.86. The predicted octanol–water partition coefficient (Wildman–Crippen LogP) is -6.41. The van der Waals surface area contributed by atoms with Crippen molar-refractivity contribution in [3.05, 3.63) is 53.5 Å². The summed E-state index contributed by atoms with van der Waals surface area (Å²) in [4.78, 5) is 14.1. The molecule has 0 aliphatic heterocycles. The second kappa shape index (κ2) is 18.6. The first kappa shape index (κ1) is 40.9. The van der Waals surface area contributed by atoms with E-state index in [9.17, 15) is 30.3 Å². The molecule has 0 heterocycles. The van der Waals surface area contributed by atoms with E-state index in [1.807, 2.05) is 0 Å². The van der Waals surface area contributed by atoms with Crippen molar-refractivity contribution >= 4 is 210 Å². The van der Waals surface area contributed by atoms with Crippen molar-refractivity contribution in [2.45, 2.75) is 22.4 Å². The number of aliphatic hydroxyl groups is 5. The summed E-state index contributed by atoms with van der Waals surface area (Å²) in [6.45, 7) is -0.960. The number of carbonyl (C=O) groups is 1. The molecule has 0 spiro atoms. The van der Waals surface area contributed by atoms with Gasteiger partial charge in [-0.1, -0.05) is 0 Å². The Morgan fingerprint density at radius 1 is 0.568 bits per heavy atom. The van der Waals surface area contributed by atoms with Crippen molar-refractivity contribution in [1.82, 2.24) is 0 Å². The van der Waals surface area contributed by atoms with Crippen molar-refractivity contribution < 1.29 is 30.3 Å². The third-order valence-corrected chi connectivity index (χ3v) is 13.8. The quantitative estimate of drug-likeness (QED) is 0.104. The zero-order valence-electron chi connectivity index (χ0n) is 19.9. The fourth-order valence-electron chi connectivity index (χ4n) is 3.65. The topological polar surface area (TPSA) is 118 Å². The number of hydrogen-bond donors (Lipinski definition) is 5. The normalized spacial score (nSPS) is 18.8. The van der Waals surface area contributed by atoms with E-state index >= 15 is 0 Å². The Bertz CT molecular complexity index is 1110. The second-order valence-corrected chi connectivity index (χ2v) is 18.1. The fraction of sp³-hybridized carbons (Fsp3) is 0.238. The van der Waals surface area contributed by atoms with E-state index in [0.717, 1.165) is 90.7 Å². The van der Waals surface area contributed by atoms with Crippen LogP contribution in [0.25, 0.3) is 0 Å². The van der Waals surface area contributed by atoms with Crippen LogP contribution in [-0.4, -0.2) is 264 Å². The molecule has 0 aromatic heterocycles. The molecule has 0 unspecified atom stereocenters. The molecule has 167 valence electrons. The molecule has 5 N–H and O–H groups in total. The number of hydrogen-bond acceptors (Lipinski definition) is 6. The molecule has 16 heteroatoms. The van der Waals surface area contributed by atoms with Gasteiger partial charge in [-0.25, -0.2) is 0 Å². The van der Waals surface area contributed by atoms with Gasteiger partial charge >= 0.3 is 323 Å². The number of carbonyl (C=O) groups excluding carboxylic acids is 1. The molecule has 4 atom stereocenters. The van der Waals surface area contributed by atoms with Gasteiger partial charge in [-0.15, -0.1) is 0 Å². The summed E-state index contributed by atoms with van der Waals surface area (Å²) in [5.41, 5.74) is -10.6. The molecular formula is C21H17Ga10O6. The van der Waals surface area contributed by atoms with Crippen LogP contribution in [0.1, 0.15) is 0 Å². The van der Waals surface area contributed by atoms with Gasteiger partial charge in [-0.2, -0.15) is 0 Å². The van der Waals surface area contributed by atoms with Crippen LogP contribution in [0.15, 0.2) is 53.5 Å². The summed E-state index contributed by atoms with van der Waals surface area (Å²) in [6.07, 6.45) is 7.85. The van der Waals surface area contributed by atoms with Crippen LogP contribution in [0.4, 0.5) is 0 Å². The van der Waals surface area contributed by atoms with Gasteiger partial charge in [0.25, 0.3) is 0 Å². The molecule has 0 bridgehead atoms. The summed E-state index contributed by atoms with van der Waals surface area (Å²) >= 11 is 10.8. The van der Waals surface area contributed by atoms with E-state index in [0.29, 0.717) is 0 Å². The van der Waals surface area contributed by atoms with E-state index in [4.69, 9.17) is 0 Å². The van der Waals surface area contributed by atoms with E-state index in [1.54, 1.807) is 53.5 Å². The molecule has 0 saturated carbocycles. The molecule has 0 aromatic rings. The second-order valence-electron chi connectivity index (χ2n) is 7.55. The molecule has 37 heavy (non-hydrogen) atoms. The van der Waals surface area contributed by atoms with Crippen LogP contribution in [0.5, 0.6) is 0 Å². The van der Waals surface area contributed by atoms with Gasteiger partial charge in [0.05, 0.1) is 0 Å². The summed E-state index contributed by atoms with van der Waals surface area (Å²) in [6, 6.07) is 0. The summed E-state index contributed by atoms with van der Waals surface area (Å²) in [5, 5.41) is 61.1. The van der Waals surface area contributed by atoms with Crippen LogP contribution >= 0.6 is 0 Å². The van der Waals surface area contributed by atoms with Crippen molar-refractivity contribution in [2.24, 2.45) is 0 Å². The van der Waals surface area contributed by atoms with Crippen LogP contribution in [0.3, 0.4) is 0 Å². The number of ketones is 1. The zero-order chi connectivity index (χ0) is 29.2. The molecule has 0 aliphatic rings. The third-order valence-electron chi connectivity index (χ3n) is 5.58. The van der Waals surface area contributed by atoms with Gasteiger partial charge in [-0.05, 0) is 0 Å². The number of rotatable bonds is 15. The first-order valence-electron chi connectivity index (χ1n) is 10.2. The van der Waals surface area contributed by atoms with E-state index in [2.05, 4.69) is 0 Å². The van der Waals surface area contributed by atoms with Crippen molar-refractivity contribution in [2.75, 3.05) is 6.61 Å². The predicted molar refractivity (Wildman–Crippen MR) is 160 cm³/mol. The number of Topliss-reactive ketones (excluding diaryl/α,β-unsaturated/α-hetero) is 1. The van der Waals surface area contributed by atoms with Gasteiger partial charge in [0, 0.05) is 0 Å². The monoisotopic (exact) mass is 1050 g/mol. The maximum atomic E-state index is 14.1. The van der Waals surface area contributed by atoms with Crippen molar-refractivity contribution in [3.63, 3.8) is 0 Å². The van der Waals surface area contributed by atoms with Gasteiger partial charge < -0.3 is 0 Å². The number of allylic oxidation sites excluding steroid dienone is 1. The van der Waals surface area contributed by atoms with Crippen LogP contribution in [0, 0.1) is 0 Å². The Morgan fingerprint density at radius 2 is 0.919 bits per heavy atom. The Hall–Kier alpha value is 3.88. The number of aliphatic hydroxyl groups excluding tert-OH is 1.